The van der Waals surface area contributed by atoms with E-state index in [1.807, 2.05) is 6.92 Å². The van der Waals surface area contributed by atoms with E-state index in [4.69, 9.17) is 12.2 Å². The molecule has 2 atom stereocenters. The summed E-state index contributed by atoms with van der Waals surface area (Å²) in [4.78, 5) is 16.2. The molecule has 19 heavy (non-hydrogen) atoms. The van der Waals surface area contributed by atoms with Crippen molar-refractivity contribution in [3.8, 4) is 0 Å². The number of H-pyrrole nitrogens is 1. The molecule has 0 aromatic carbocycles. The van der Waals surface area contributed by atoms with Gasteiger partial charge in [-0.1, -0.05) is 19.8 Å². The van der Waals surface area contributed by atoms with Gasteiger partial charge in [-0.05, 0) is 44.3 Å². The number of nitrogens with one attached hydrogen (secondary N) is 2. The number of carbonyl (C=O) groups is 1. The molecule has 0 radical (unpaired) electrons. The molecule has 1 heterocycles. The van der Waals surface area contributed by atoms with Gasteiger partial charge in [-0.25, -0.2) is 0 Å². The molecule has 1 fully saturated rings. The smallest absolute Gasteiger partial charge is 0.225 e. The van der Waals surface area contributed by atoms with Crippen LogP contribution in [0.4, 0.5) is 0 Å². The van der Waals surface area contributed by atoms with E-state index in [1.165, 1.54) is 30.6 Å². The molecule has 5 heteroatoms. The number of hydrogen-bond donors (Lipinski definition) is 2. The minimum absolute atomic E-state index is 0.132. The van der Waals surface area contributed by atoms with Gasteiger partial charge in [-0.2, -0.15) is 0 Å². The Balaban J connectivity index is 1.87. The van der Waals surface area contributed by atoms with E-state index in [0.29, 0.717) is 12.5 Å². The van der Waals surface area contributed by atoms with Crippen LogP contribution in [-0.2, 0) is 11.2 Å². The Morgan fingerprint density at radius 3 is 2.89 bits per heavy atom. The molecule has 0 aliphatic heterocycles. The van der Waals surface area contributed by atoms with Gasteiger partial charge in [0, 0.05) is 16.6 Å². The zero-order chi connectivity index (χ0) is 13.8. The third-order valence-electron chi connectivity index (χ3n) is 3.87. The molecular weight excluding hydrogens is 276 g/mol. The fourth-order valence-corrected chi connectivity index (χ4v) is 3.95. The molecule has 2 unspecified atom stereocenters. The fourth-order valence-electron chi connectivity index (χ4n) is 2.66. The summed E-state index contributed by atoms with van der Waals surface area (Å²) >= 11 is 6.60. The largest absolute Gasteiger partial charge is 0.353 e. The Hall–Kier alpha value is -0.680. The summed E-state index contributed by atoms with van der Waals surface area (Å²) in [5.41, 5.74) is 1.03. The van der Waals surface area contributed by atoms with Crippen molar-refractivity contribution in [2.75, 3.05) is 0 Å². The molecule has 106 valence electrons. The van der Waals surface area contributed by atoms with E-state index in [2.05, 4.69) is 17.2 Å². The summed E-state index contributed by atoms with van der Waals surface area (Å²) in [6.07, 6.45) is 6.45. The maximum absolute atomic E-state index is 12.1. The van der Waals surface area contributed by atoms with Gasteiger partial charge in [0.15, 0.2) is 3.95 Å². The lowest BCUT2D eigenvalue weighted by Gasteiger charge is -2.16. The number of aromatic nitrogens is 1. The summed E-state index contributed by atoms with van der Waals surface area (Å²) < 4.78 is 0.753. The summed E-state index contributed by atoms with van der Waals surface area (Å²) in [5.74, 6) is 0.937. The van der Waals surface area contributed by atoms with Gasteiger partial charge in [0.05, 0.1) is 6.42 Å². The molecule has 2 N–H and O–H groups in total. The van der Waals surface area contributed by atoms with Crippen molar-refractivity contribution < 1.29 is 4.79 Å². The topological polar surface area (TPSA) is 44.9 Å². The molecule has 0 spiro atoms. The second-order valence-corrected chi connectivity index (χ2v) is 7.39. The Kier molecular flexibility index (Phi) is 5.16. The SMILES string of the molecule is Cc1[nH]c(=S)sc1CC(=O)NC1CCCC(C)CC1. The monoisotopic (exact) mass is 298 g/mol. The molecule has 1 aromatic heterocycles. The lowest BCUT2D eigenvalue weighted by atomic mass is 10.0. The Labute approximate surface area is 123 Å². The Bertz CT molecular complexity index is 492. The van der Waals surface area contributed by atoms with E-state index < -0.39 is 0 Å². The summed E-state index contributed by atoms with van der Waals surface area (Å²) in [6.45, 7) is 4.28. The number of thiazole rings is 1. The fraction of sp³-hybridized carbons (Fsp3) is 0.714. The molecule has 3 nitrogen and oxygen atoms in total. The van der Waals surface area contributed by atoms with E-state index >= 15 is 0 Å². The van der Waals surface area contributed by atoms with Gasteiger partial charge < -0.3 is 10.3 Å². The first-order valence-corrected chi connectivity index (χ1v) is 8.25. The van der Waals surface area contributed by atoms with Crippen molar-refractivity contribution in [2.24, 2.45) is 5.92 Å². The van der Waals surface area contributed by atoms with Crippen LogP contribution in [-0.4, -0.2) is 16.9 Å². The van der Waals surface area contributed by atoms with Crippen molar-refractivity contribution in [3.05, 3.63) is 14.5 Å². The Morgan fingerprint density at radius 1 is 1.42 bits per heavy atom. The lowest BCUT2D eigenvalue weighted by Crippen LogP contribution is -2.35. The van der Waals surface area contributed by atoms with Gasteiger partial charge in [0.2, 0.25) is 5.91 Å². The minimum Gasteiger partial charge on any atom is -0.353 e. The van der Waals surface area contributed by atoms with Crippen LogP contribution in [0.3, 0.4) is 0 Å². The first-order valence-electron chi connectivity index (χ1n) is 7.02. The van der Waals surface area contributed by atoms with E-state index in [-0.39, 0.29) is 5.91 Å². The van der Waals surface area contributed by atoms with Crippen LogP contribution >= 0.6 is 23.6 Å². The van der Waals surface area contributed by atoms with Crippen LogP contribution in [0.2, 0.25) is 0 Å². The van der Waals surface area contributed by atoms with Crippen LogP contribution < -0.4 is 5.32 Å². The third kappa shape index (κ3) is 4.42. The molecular formula is C14H22N2OS2. The predicted octanol–water partition coefficient (Wildman–Crippen LogP) is 3.74. The van der Waals surface area contributed by atoms with Crippen LogP contribution in [0.1, 0.15) is 49.6 Å². The van der Waals surface area contributed by atoms with Crippen molar-refractivity contribution in [3.63, 3.8) is 0 Å². The summed E-state index contributed by atoms with van der Waals surface area (Å²) in [7, 11) is 0. The second kappa shape index (κ2) is 6.66. The average Bonchev–Trinajstić information content (AvgIpc) is 2.52. The normalized spacial score (nSPS) is 23.9. The second-order valence-electron chi connectivity index (χ2n) is 5.62. The third-order valence-corrected chi connectivity index (χ3v) is 5.20. The van der Waals surface area contributed by atoms with Crippen LogP contribution in [0.5, 0.6) is 0 Å². The Morgan fingerprint density at radius 2 is 2.21 bits per heavy atom. The first-order chi connectivity index (χ1) is 9.04. The molecule has 1 amide bonds. The molecule has 1 aliphatic carbocycles. The molecule has 1 aliphatic rings. The van der Waals surface area contributed by atoms with Crippen LogP contribution in [0, 0.1) is 16.8 Å². The highest BCUT2D eigenvalue weighted by atomic mass is 32.1. The van der Waals surface area contributed by atoms with Crippen molar-refractivity contribution >= 4 is 29.5 Å². The quantitative estimate of drug-likeness (QED) is 0.659. The van der Waals surface area contributed by atoms with Crippen molar-refractivity contribution in [1.29, 1.82) is 0 Å². The number of amides is 1. The van der Waals surface area contributed by atoms with Gasteiger partial charge in [0.25, 0.3) is 0 Å². The number of carbonyl (C=O) groups excluding carboxylic acids is 1. The van der Waals surface area contributed by atoms with Crippen molar-refractivity contribution in [1.82, 2.24) is 10.3 Å². The van der Waals surface area contributed by atoms with E-state index in [0.717, 1.165) is 33.3 Å². The van der Waals surface area contributed by atoms with Crippen molar-refractivity contribution in [2.45, 2.75) is 58.4 Å². The molecule has 0 saturated heterocycles. The summed E-state index contributed by atoms with van der Waals surface area (Å²) in [6, 6.07) is 0.365. The zero-order valence-electron chi connectivity index (χ0n) is 11.6. The van der Waals surface area contributed by atoms with Crippen LogP contribution in [0.25, 0.3) is 0 Å². The minimum atomic E-state index is 0.132. The number of aryl methyl sites for hydroxylation is 1. The highest BCUT2D eigenvalue weighted by Crippen LogP contribution is 2.23. The average molecular weight is 298 g/mol. The summed E-state index contributed by atoms with van der Waals surface area (Å²) in [5, 5.41) is 3.18. The highest BCUT2D eigenvalue weighted by molar-refractivity contribution is 7.73. The number of aromatic amines is 1. The van der Waals surface area contributed by atoms with Crippen LogP contribution in [0.15, 0.2) is 0 Å². The number of rotatable bonds is 3. The molecule has 1 saturated carbocycles. The zero-order valence-corrected chi connectivity index (χ0v) is 13.3. The highest BCUT2D eigenvalue weighted by Gasteiger charge is 2.18. The van der Waals surface area contributed by atoms with Gasteiger partial charge in [0.1, 0.15) is 0 Å². The standard InChI is InChI=1S/C14H22N2OS2/c1-9-4-3-5-11(7-6-9)16-13(17)8-12-10(2)15-14(18)19-12/h9,11H,3-8H2,1-2H3,(H,15,18)(H,16,17). The first kappa shape index (κ1) is 14.7. The van der Waals surface area contributed by atoms with Gasteiger partial charge >= 0.3 is 0 Å². The van der Waals surface area contributed by atoms with E-state index in [1.54, 1.807) is 0 Å². The lowest BCUT2D eigenvalue weighted by molar-refractivity contribution is -0.121. The van der Waals surface area contributed by atoms with Gasteiger partial charge in [-0.15, -0.1) is 11.3 Å². The maximum atomic E-state index is 12.1. The molecule has 2 rings (SSSR count). The molecule has 1 aromatic rings. The van der Waals surface area contributed by atoms with E-state index in [9.17, 15) is 4.79 Å². The van der Waals surface area contributed by atoms with Gasteiger partial charge in [-0.3, -0.25) is 4.79 Å². The predicted molar refractivity (Wildman–Crippen MR) is 82.1 cm³/mol. The molecule has 0 bridgehead atoms. The number of hydrogen-bond acceptors (Lipinski definition) is 3. The maximum Gasteiger partial charge on any atom is 0.225 e.